The van der Waals surface area contributed by atoms with Crippen molar-refractivity contribution in [2.45, 2.75) is 13.9 Å². The number of hydrogen-bond donors (Lipinski definition) is 0. The Kier molecular flexibility index (Phi) is 12.0. The maximum absolute atomic E-state index is 3.70. The molecule has 0 radical (unpaired) electrons. The van der Waals surface area contributed by atoms with Gasteiger partial charge in [-0.05, 0) is 0 Å². The molecule has 2 unspecified atom stereocenters. The molecule has 100 valence electrons. The van der Waals surface area contributed by atoms with Crippen LogP contribution in [-0.2, 0) is 0 Å². The van der Waals surface area contributed by atoms with Crippen molar-refractivity contribution in [3.05, 3.63) is 22.1 Å². The van der Waals surface area contributed by atoms with Gasteiger partial charge < -0.3 is 0 Å². The number of alkyl halides is 6. The zero-order valence-electron chi connectivity index (χ0n) is 7.90. The van der Waals surface area contributed by atoms with Crippen LogP contribution in [0.5, 0.6) is 0 Å². The predicted molar refractivity (Wildman–Crippen MR) is 108 cm³/mol. The average Bonchev–Trinajstić information content (AvgIpc) is 2.17. The standard InChI is InChI=1S/C8H6Br8Se/c9-3-1-7(13,14)5(11)17-6(12)8(15,16)2-4-10/h1-6H. The van der Waals surface area contributed by atoms with Crippen molar-refractivity contribution >= 4 is 142 Å². The SMILES string of the molecule is BrC=CC(Br)(Br)C(Br)[Se]C(Br)C(Br)(Br)C=CBr. The number of halogens is 8. The molecule has 0 saturated carbocycles. The first-order valence-corrected chi connectivity index (χ1v) is 12.7. The normalized spacial score (nSPS) is 17.9. The third-order valence-electron chi connectivity index (χ3n) is 1.41. The van der Waals surface area contributed by atoms with E-state index in [0.29, 0.717) is 0 Å². The fraction of sp³-hybridized carbons (Fsp3) is 0.500. The van der Waals surface area contributed by atoms with Crippen molar-refractivity contribution in [1.82, 2.24) is 0 Å². The van der Waals surface area contributed by atoms with Crippen molar-refractivity contribution in [2.75, 3.05) is 0 Å². The van der Waals surface area contributed by atoms with Gasteiger partial charge in [0.1, 0.15) is 0 Å². The van der Waals surface area contributed by atoms with E-state index < -0.39 is 0 Å². The number of rotatable bonds is 6. The third-order valence-corrected chi connectivity index (χ3v) is 16.3. The van der Waals surface area contributed by atoms with E-state index in [2.05, 4.69) is 127 Å². The molecule has 0 aliphatic heterocycles. The summed E-state index contributed by atoms with van der Waals surface area (Å²) in [7, 11) is 0. The van der Waals surface area contributed by atoms with E-state index in [1.165, 1.54) is 0 Å². The van der Waals surface area contributed by atoms with Crippen LogP contribution in [0.15, 0.2) is 22.1 Å². The Labute approximate surface area is 175 Å². The van der Waals surface area contributed by atoms with Crippen LogP contribution < -0.4 is 0 Å². The van der Waals surface area contributed by atoms with Crippen molar-refractivity contribution in [1.29, 1.82) is 0 Å². The van der Waals surface area contributed by atoms with Crippen LogP contribution in [0.3, 0.4) is 0 Å². The summed E-state index contributed by atoms with van der Waals surface area (Å²) in [6.07, 6.45) is 4.00. The van der Waals surface area contributed by atoms with E-state index in [1.54, 1.807) is 0 Å². The fourth-order valence-electron chi connectivity index (χ4n) is 0.606. The van der Waals surface area contributed by atoms with Crippen LogP contribution in [0.25, 0.3) is 0 Å². The fourth-order valence-corrected chi connectivity index (χ4v) is 11.2. The summed E-state index contributed by atoms with van der Waals surface area (Å²) in [6, 6.07) is 0. The van der Waals surface area contributed by atoms with Gasteiger partial charge in [-0.1, -0.05) is 0 Å². The Morgan fingerprint density at radius 2 is 1.06 bits per heavy atom. The summed E-state index contributed by atoms with van der Waals surface area (Å²) in [4.78, 5) is 3.66. The van der Waals surface area contributed by atoms with Crippen molar-refractivity contribution in [3.8, 4) is 0 Å². The molecule has 0 aromatic carbocycles. The van der Waals surface area contributed by atoms with Gasteiger partial charge >= 0.3 is 178 Å². The molecule has 0 heterocycles. The van der Waals surface area contributed by atoms with Crippen LogP contribution in [0.4, 0.5) is 0 Å². The summed E-state index contributed by atoms with van der Waals surface area (Å²) in [5.41, 5.74) is 0. The molecular weight excluding hydrogens is 814 g/mol. The predicted octanol–water partition coefficient (Wildman–Crippen LogP) is 6.92. The van der Waals surface area contributed by atoms with E-state index >= 15 is 0 Å². The monoisotopic (exact) mass is 813 g/mol. The molecule has 0 bridgehead atoms. The van der Waals surface area contributed by atoms with E-state index in [-0.39, 0.29) is 28.9 Å². The zero-order chi connectivity index (χ0) is 13.7. The van der Waals surface area contributed by atoms with Crippen LogP contribution in [0, 0.1) is 0 Å². The first-order valence-electron chi connectivity index (χ1n) is 3.92. The quantitative estimate of drug-likeness (QED) is 0.202. The van der Waals surface area contributed by atoms with E-state index in [4.69, 9.17) is 0 Å². The molecule has 0 fully saturated rings. The topological polar surface area (TPSA) is 0 Å². The van der Waals surface area contributed by atoms with Crippen LogP contribution >= 0.6 is 127 Å². The van der Waals surface area contributed by atoms with E-state index in [9.17, 15) is 0 Å². The summed E-state index contributed by atoms with van der Waals surface area (Å²) in [6.45, 7) is 0. The second-order valence-corrected chi connectivity index (χ2v) is 18.2. The van der Waals surface area contributed by atoms with Crippen LogP contribution in [0.1, 0.15) is 0 Å². The Morgan fingerprint density at radius 3 is 1.29 bits per heavy atom. The average molecular weight is 820 g/mol. The first kappa shape index (κ1) is 20.8. The van der Waals surface area contributed by atoms with Gasteiger partial charge in [-0.2, -0.15) is 0 Å². The van der Waals surface area contributed by atoms with Crippen LogP contribution in [0.2, 0.25) is 0 Å². The first-order chi connectivity index (χ1) is 7.67. The number of hydrogen-bond acceptors (Lipinski definition) is 0. The maximum atomic E-state index is 3.70. The van der Waals surface area contributed by atoms with Gasteiger partial charge in [-0.3, -0.25) is 0 Å². The Hall–Kier alpha value is 3.84. The molecule has 2 atom stereocenters. The van der Waals surface area contributed by atoms with Gasteiger partial charge in [0.15, 0.2) is 0 Å². The second kappa shape index (κ2) is 9.78. The third kappa shape index (κ3) is 8.15. The molecule has 0 nitrogen and oxygen atoms in total. The summed E-state index contributed by atoms with van der Waals surface area (Å²) in [5.74, 6) is 0. The van der Waals surface area contributed by atoms with Gasteiger partial charge in [-0.15, -0.1) is 0 Å². The molecule has 0 N–H and O–H groups in total. The summed E-state index contributed by atoms with van der Waals surface area (Å²) < 4.78 is 0.00529. The minimum absolute atomic E-state index is 0.260. The van der Waals surface area contributed by atoms with Gasteiger partial charge in [-0.25, -0.2) is 0 Å². The minimum atomic E-state index is -0.260. The summed E-state index contributed by atoms with van der Waals surface area (Å²) >= 11 is 28.8. The molecule has 0 spiro atoms. The molecule has 0 aliphatic rings. The Bertz CT molecular complexity index is 259. The number of allylic oxidation sites excluding steroid dienone is 2. The van der Waals surface area contributed by atoms with Gasteiger partial charge in [0.05, 0.1) is 0 Å². The molecule has 0 rings (SSSR count). The van der Waals surface area contributed by atoms with Gasteiger partial charge in [0, 0.05) is 0 Å². The van der Waals surface area contributed by atoms with Crippen molar-refractivity contribution < 1.29 is 0 Å². The van der Waals surface area contributed by atoms with Crippen LogP contribution in [-0.4, -0.2) is 28.9 Å². The molecule has 17 heavy (non-hydrogen) atoms. The zero-order valence-corrected chi connectivity index (χ0v) is 22.3. The van der Waals surface area contributed by atoms with Crippen molar-refractivity contribution in [3.63, 3.8) is 0 Å². The molecule has 0 aromatic rings. The molecule has 0 aromatic heterocycles. The molecule has 9 heteroatoms. The van der Waals surface area contributed by atoms with E-state index in [0.717, 1.165) is 0 Å². The molecular formula is C8H6Br8Se. The molecule has 0 aliphatic carbocycles. The Balaban J connectivity index is 4.64. The van der Waals surface area contributed by atoms with Gasteiger partial charge in [0.2, 0.25) is 0 Å². The molecule has 0 saturated heterocycles. The van der Waals surface area contributed by atoms with E-state index in [1.807, 2.05) is 22.1 Å². The molecule has 0 amide bonds. The van der Waals surface area contributed by atoms with Crippen molar-refractivity contribution in [2.24, 2.45) is 0 Å². The summed E-state index contributed by atoms with van der Waals surface area (Å²) in [5, 5.41) is 0. The van der Waals surface area contributed by atoms with Gasteiger partial charge in [0.25, 0.3) is 0 Å². The second-order valence-electron chi connectivity index (χ2n) is 2.70. The Morgan fingerprint density at radius 1 is 0.765 bits per heavy atom.